The van der Waals surface area contributed by atoms with Gasteiger partial charge in [0.2, 0.25) is 0 Å². The number of benzene rings is 1. The fourth-order valence-electron chi connectivity index (χ4n) is 1.08. The van der Waals surface area contributed by atoms with Crippen LogP contribution in [0.1, 0.15) is 27.9 Å². The minimum atomic E-state index is 0.231. The zero-order valence-corrected chi connectivity index (χ0v) is 7.87. The predicted octanol–water partition coefficient (Wildman–Crippen LogP) is 2.07. The Labute approximate surface area is 83.2 Å². The Morgan fingerprint density at radius 3 is 2.86 bits per heavy atom. The second-order valence-corrected chi connectivity index (χ2v) is 2.83. The van der Waals surface area contributed by atoms with Crippen LogP contribution in [0, 0.1) is 30.1 Å². The Morgan fingerprint density at radius 1 is 1.50 bits per heavy atom. The number of hydrogen-bond donors (Lipinski definition) is 0. The third kappa shape index (κ3) is 2.47. The van der Waals surface area contributed by atoms with E-state index in [2.05, 4.69) is 11.8 Å². The third-order valence-corrected chi connectivity index (χ3v) is 1.78. The first-order valence-corrected chi connectivity index (χ1v) is 4.19. The van der Waals surface area contributed by atoms with E-state index in [9.17, 15) is 4.79 Å². The van der Waals surface area contributed by atoms with Crippen molar-refractivity contribution in [3.8, 4) is 17.9 Å². The smallest absolute Gasteiger partial charge is 0.150 e. The van der Waals surface area contributed by atoms with Crippen molar-refractivity contribution in [3.63, 3.8) is 0 Å². The number of carbonyl (C=O) groups is 1. The van der Waals surface area contributed by atoms with Gasteiger partial charge in [0.15, 0.2) is 0 Å². The molecule has 14 heavy (non-hydrogen) atoms. The van der Waals surface area contributed by atoms with Crippen LogP contribution in [-0.2, 0) is 0 Å². The maximum absolute atomic E-state index is 10.5. The highest BCUT2D eigenvalue weighted by molar-refractivity contribution is 5.75. The maximum Gasteiger partial charge on any atom is 0.150 e. The van der Waals surface area contributed by atoms with Crippen molar-refractivity contribution in [3.05, 3.63) is 34.9 Å². The molecule has 0 radical (unpaired) electrons. The van der Waals surface area contributed by atoms with E-state index in [0.717, 1.165) is 17.4 Å². The molecule has 0 heterocycles. The topological polar surface area (TPSA) is 40.9 Å². The molecule has 0 amide bonds. The summed E-state index contributed by atoms with van der Waals surface area (Å²) < 4.78 is 0. The molecule has 0 aliphatic heterocycles. The Hall–Kier alpha value is -2.06. The molecule has 0 aliphatic rings. The number of rotatable bonds is 1. The molecule has 68 valence electrons. The zero-order chi connectivity index (χ0) is 10.4. The molecule has 0 bridgehead atoms. The lowest BCUT2D eigenvalue weighted by Crippen LogP contribution is -1.86. The molecule has 0 N–H and O–H groups in total. The highest BCUT2D eigenvalue weighted by Crippen LogP contribution is 2.08. The number of nitriles is 1. The van der Waals surface area contributed by atoms with Crippen LogP contribution < -0.4 is 0 Å². The lowest BCUT2D eigenvalue weighted by atomic mass is 10.1. The van der Waals surface area contributed by atoms with Gasteiger partial charge in [0.25, 0.3) is 0 Å². The molecule has 0 saturated heterocycles. The Morgan fingerprint density at radius 2 is 2.29 bits per heavy atom. The van der Waals surface area contributed by atoms with Gasteiger partial charge < -0.3 is 0 Å². The fourth-order valence-corrected chi connectivity index (χ4v) is 1.08. The molecule has 2 heteroatoms. The molecule has 0 fully saturated rings. The Balaban J connectivity index is 2.97. The molecular weight excluding hydrogens is 174 g/mol. The SMILES string of the molecule is Cc1cc(C=O)ccc1C#CCC#N. The Bertz CT molecular complexity index is 444. The summed E-state index contributed by atoms with van der Waals surface area (Å²) in [5.41, 5.74) is 2.47. The molecule has 0 aromatic heterocycles. The third-order valence-electron chi connectivity index (χ3n) is 1.78. The van der Waals surface area contributed by atoms with E-state index in [0.29, 0.717) is 5.56 Å². The van der Waals surface area contributed by atoms with Crippen LogP contribution in [0.5, 0.6) is 0 Å². The maximum atomic E-state index is 10.5. The van der Waals surface area contributed by atoms with Crippen LogP contribution in [0.25, 0.3) is 0 Å². The van der Waals surface area contributed by atoms with Crippen molar-refractivity contribution in [2.45, 2.75) is 13.3 Å². The summed E-state index contributed by atoms with van der Waals surface area (Å²) in [6, 6.07) is 7.25. The molecule has 2 nitrogen and oxygen atoms in total. The van der Waals surface area contributed by atoms with Crippen LogP contribution >= 0.6 is 0 Å². The van der Waals surface area contributed by atoms with E-state index in [4.69, 9.17) is 5.26 Å². The average molecular weight is 183 g/mol. The first-order valence-electron chi connectivity index (χ1n) is 4.19. The summed E-state index contributed by atoms with van der Waals surface area (Å²) in [7, 11) is 0. The number of hydrogen-bond acceptors (Lipinski definition) is 2. The largest absolute Gasteiger partial charge is 0.298 e. The second kappa shape index (κ2) is 4.84. The number of aldehydes is 1. The van der Waals surface area contributed by atoms with Gasteiger partial charge in [-0.15, -0.1) is 0 Å². The van der Waals surface area contributed by atoms with E-state index >= 15 is 0 Å². The van der Waals surface area contributed by atoms with Crippen molar-refractivity contribution >= 4 is 6.29 Å². The van der Waals surface area contributed by atoms with Crippen molar-refractivity contribution in [1.29, 1.82) is 5.26 Å². The fraction of sp³-hybridized carbons (Fsp3) is 0.167. The summed E-state index contributed by atoms with van der Waals surface area (Å²) in [6.07, 6.45) is 1.04. The van der Waals surface area contributed by atoms with Gasteiger partial charge in [0, 0.05) is 11.1 Å². The van der Waals surface area contributed by atoms with Crippen LogP contribution in [-0.4, -0.2) is 6.29 Å². The summed E-state index contributed by atoms with van der Waals surface area (Å²) in [5, 5.41) is 8.30. The average Bonchev–Trinajstić information content (AvgIpc) is 2.20. The molecule has 0 aliphatic carbocycles. The van der Waals surface area contributed by atoms with Gasteiger partial charge in [-0.3, -0.25) is 4.79 Å². The normalized spacial score (nSPS) is 8.29. The highest BCUT2D eigenvalue weighted by Gasteiger charge is 1.95. The molecule has 0 spiro atoms. The minimum Gasteiger partial charge on any atom is -0.298 e. The van der Waals surface area contributed by atoms with Gasteiger partial charge in [-0.25, -0.2) is 0 Å². The monoisotopic (exact) mass is 183 g/mol. The predicted molar refractivity (Wildman–Crippen MR) is 53.7 cm³/mol. The first-order chi connectivity index (χ1) is 6.77. The number of nitrogens with zero attached hydrogens (tertiary/aromatic N) is 1. The van der Waals surface area contributed by atoms with E-state index in [1.54, 1.807) is 18.2 Å². The van der Waals surface area contributed by atoms with Crippen molar-refractivity contribution in [2.24, 2.45) is 0 Å². The minimum absolute atomic E-state index is 0.231. The van der Waals surface area contributed by atoms with Gasteiger partial charge in [-0.1, -0.05) is 17.9 Å². The van der Waals surface area contributed by atoms with Gasteiger partial charge in [-0.05, 0) is 24.6 Å². The van der Waals surface area contributed by atoms with Gasteiger partial charge in [0.05, 0.1) is 12.5 Å². The van der Waals surface area contributed by atoms with Crippen LogP contribution in [0.2, 0.25) is 0 Å². The van der Waals surface area contributed by atoms with Crippen molar-refractivity contribution in [2.75, 3.05) is 0 Å². The summed E-state index contributed by atoms with van der Waals surface area (Å²) in [4.78, 5) is 10.5. The van der Waals surface area contributed by atoms with E-state index in [1.807, 2.05) is 13.0 Å². The molecule has 1 aromatic rings. The van der Waals surface area contributed by atoms with E-state index in [1.165, 1.54) is 0 Å². The van der Waals surface area contributed by atoms with Crippen molar-refractivity contribution in [1.82, 2.24) is 0 Å². The van der Waals surface area contributed by atoms with Crippen LogP contribution in [0.3, 0.4) is 0 Å². The van der Waals surface area contributed by atoms with Gasteiger partial charge >= 0.3 is 0 Å². The first kappa shape index (κ1) is 10.0. The van der Waals surface area contributed by atoms with Gasteiger partial charge in [-0.2, -0.15) is 5.26 Å². The summed E-state index contributed by atoms with van der Waals surface area (Å²) >= 11 is 0. The molecule has 0 atom stereocenters. The summed E-state index contributed by atoms with van der Waals surface area (Å²) in [5.74, 6) is 5.61. The standard InChI is InChI=1S/C12H9NO/c1-10-8-11(9-14)5-6-12(10)4-2-3-7-13/h5-6,8-9H,3H2,1H3. The molecular formula is C12H9NO. The lowest BCUT2D eigenvalue weighted by Gasteiger charge is -1.97. The van der Waals surface area contributed by atoms with Crippen LogP contribution in [0.15, 0.2) is 18.2 Å². The molecule has 0 saturated carbocycles. The Kier molecular flexibility index (Phi) is 3.47. The van der Waals surface area contributed by atoms with Gasteiger partial charge in [0.1, 0.15) is 6.29 Å². The van der Waals surface area contributed by atoms with Crippen molar-refractivity contribution < 1.29 is 4.79 Å². The molecule has 1 rings (SSSR count). The summed E-state index contributed by atoms with van der Waals surface area (Å²) in [6.45, 7) is 1.89. The highest BCUT2D eigenvalue weighted by atomic mass is 16.1. The second-order valence-electron chi connectivity index (χ2n) is 2.83. The van der Waals surface area contributed by atoms with Crippen LogP contribution in [0.4, 0.5) is 0 Å². The number of carbonyl (C=O) groups excluding carboxylic acids is 1. The molecule has 1 aromatic carbocycles. The zero-order valence-electron chi connectivity index (χ0n) is 7.87. The quantitative estimate of drug-likeness (QED) is 0.494. The van der Waals surface area contributed by atoms with E-state index in [-0.39, 0.29) is 6.42 Å². The number of aryl methyl sites for hydroxylation is 1. The molecule has 0 unspecified atom stereocenters. The van der Waals surface area contributed by atoms with E-state index < -0.39 is 0 Å². The lowest BCUT2D eigenvalue weighted by molar-refractivity contribution is 0.112.